The molecular formula is C17H21NO2. The van der Waals surface area contributed by atoms with Gasteiger partial charge in [0.15, 0.2) is 0 Å². The Morgan fingerprint density at radius 2 is 1.70 bits per heavy atom. The van der Waals surface area contributed by atoms with Crippen molar-refractivity contribution in [3.63, 3.8) is 0 Å². The van der Waals surface area contributed by atoms with Gasteiger partial charge in [0, 0.05) is 12.6 Å². The summed E-state index contributed by atoms with van der Waals surface area (Å²) in [7, 11) is 1.66. The van der Waals surface area contributed by atoms with Crippen LogP contribution in [0.15, 0.2) is 54.6 Å². The average molecular weight is 271 g/mol. The summed E-state index contributed by atoms with van der Waals surface area (Å²) in [5.41, 5.74) is 8.41. The molecule has 0 bridgehead atoms. The summed E-state index contributed by atoms with van der Waals surface area (Å²) in [6.07, 6.45) is 0.820. The van der Waals surface area contributed by atoms with E-state index in [2.05, 4.69) is 0 Å². The van der Waals surface area contributed by atoms with Gasteiger partial charge in [-0.25, -0.2) is 0 Å². The third kappa shape index (κ3) is 4.37. The monoisotopic (exact) mass is 271 g/mol. The van der Waals surface area contributed by atoms with Gasteiger partial charge in [-0.05, 0) is 29.7 Å². The highest BCUT2D eigenvalue weighted by atomic mass is 16.5. The highest BCUT2D eigenvalue weighted by molar-refractivity contribution is 5.26. The van der Waals surface area contributed by atoms with Crippen LogP contribution in [0, 0.1) is 0 Å². The number of rotatable bonds is 7. The molecule has 0 heterocycles. The maximum absolute atomic E-state index is 6.12. The van der Waals surface area contributed by atoms with E-state index in [4.69, 9.17) is 15.2 Å². The van der Waals surface area contributed by atoms with Crippen molar-refractivity contribution in [2.45, 2.75) is 19.1 Å². The van der Waals surface area contributed by atoms with E-state index < -0.39 is 0 Å². The molecule has 0 saturated heterocycles. The molecule has 2 N–H and O–H groups in total. The second-order valence-corrected chi connectivity index (χ2v) is 4.71. The van der Waals surface area contributed by atoms with Gasteiger partial charge >= 0.3 is 0 Å². The molecule has 2 aromatic carbocycles. The summed E-state index contributed by atoms with van der Waals surface area (Å²) in [4.78, 5) is 0. The number of hydrogen-bond donors (Lipinski definition) is 1. The summed E-state index contributed by atoms with van der Waals surface area (Å²) >= 11 is 0. The van der Waals surface area contributed by atoms with Crippen LogP contribution >= 0.6 is 0 Å². The molecule has 2 aromatic rings. The third-order valence-corrected chi connectivity index (χ3v) is 3.23. The lowest BCUT2D eigenvalue weighted by molar-refractivity contribution is 0.114. The van der Waals surface area contributed by atoms with Gasteiger partial charge < -0.3 is 15.2 Å². The SMILES string of the molecule is COc1ccc(COCCC(N)c2ccccc2)cc1. The molecule has 3 nitrogen and oxygen atoms in total. The smallest absolute Gasteiger partial charge is 0.118 e. The summed E-state index contributed by atoms with van der Waals surface area (Å²) in [5.74, 6) is 0.861. The molecule has 106 valence electrons. The number of ether oxygens (including phenoxy) is 2. The third-order valence-electron chi connectivity index (χ3n) is 3.23. The van der Waals surface area contributed by atoms with Crippen LogP contribution in [0.25, 0.3) is 0 Å². The molecule has 0 aromatic heterocycles. The molecule has 0 aliphatic carbocycles. The Balaban J connectivity index is 1.70. The van der Waals surface area contributed by atoms with Crippen LogP contribution in [-0.2, 0) is 11.3 Å². The van der Waals surface area contributed by atoms with E-state index in [1.165, 1.54) is 0 Å². The van der Waals surface area contributed by atoms with Crippen molar-refractivity contribution in [2.24, 2.45) is 5.73 Å². The lowest BCUT2D eigenvalue weighted by Gasteiger charge is -2.12. The molecule has 0 aliphatic heterocycles. The van der Waals surface area contributed by atoms with E-state index in [0.717, 1.165) is 23.3 Å². The van der Waals surface area contributed by atoms with E-state index in [1.54, 1.807) is 7.11 Å². The molecule has 0 amide bonds. The van der Waals surface area contributed by atoms with E-state index in [0.29, 0.717) is 13.2 Å². The van der Waals surface area contributed by atoms with Crippen LogP contribution in [0.2, 0.25) is 0 Å². The number of methoxy groups -OCH3 is 1. The minimum Gasteiger partial charge on any atom is -0.497 e. The predicted octanol–water partition coefficient (Wildman–Crippen LogP) is 3.30. The van der Waals surface area contributed by atoms with Gasteiger partial charge in [-0.15, -0.1) is 0 Å². The quantitative estimate of drug-likeness (QED) is 0.786. The van der Waals surface area contributed by atoms with Crippen LogP contribution in [0.5, 0.6) is 5.75 Å². The van der Waals surface area contributed by atoms with Crippen molar-refractivity contribution in [1.29, 1.82) is 0 Å². The molecule has 0 aliphatic rings. The first-order valence-electron chi connectivity index (χ1n) is 6.81. The van der Waals surface area contributed by atoms with Gasteiger partial charge in [-0.3, -0.25) is 0 Å². The van der Waals surface area contributed by atoms with Crippen molar-refractivity contribution in [1.82, 2.24) is 0 Å². The maximum atomic E-state index is 6.12. The molecule has 20 heavy (non-hydrogen) atoms. The Labute approximate surface area is 120 Å². The fraction of sp³-hybridized carbons (Fsp3) is 0.294. The van der Waals surface area contributed by atoms with Gasteiger partial charge in [-0.2, -0.15) is 0 Å². The Kier molecular flexibility index (Phi) is 5.59. The number of benzene rings is 2. The molecule has 2 rings (SSSR count). The summed E-state index contributed by atoms with van der Waals surface area (Å²) in [6.45, 7) is 1.26. The maximum Gasteiger partial charge on any atom is 0.118 e. The van der Waals surface area contributed by atoms with Gasteiger partial charge in [0.25, 0.3) is 0 Å². The Hall–Kier alpha value is -1.84. The fourth-order valence-corrected chi connectivity index (χ4v) is 1.99. The second kappa shape index (κ2) is 7.68. The molecule has 1 atom stereocenters. The molecule has 0 saturated carbocycles. The minimum atomic E-state index is 0.0343. The average Bonchev–Trinajstić information content (AvgIpc) is 2.53. The number of hydrogen-bond acceptors (Lipinski definition) is 3. The van der Waals surface area contributed by atoms with E-state index in [1.807, 2.05) is 54.6 Å². The van der Waals surface area contributed by atoms with Crippen LogP contribution in [0.3, 0.4) is 0 Å². The van der Waals surface area contributed by atoms with Gasteiger partial charge in [0.2, 0.25) is 0 Å². The molecular weight excluding hydrogens is 250 g/mol. The molecule has 0 spiro atoms. The first-order chi connectivity index (χ1) is 9.79. The lowest BCUT2D eigenvalue weighted by Crippen LogP contribution is -2.13. The number of nitrogens with two attached hydrogens (primary N) is 1. The molecule has 3 heteroatoms. The highest BCUT2D eigenvalue weighted by Gasteiger charge is 2.04. The predicted molar refractivity (Wildman–Crippen MR) is 80.6 cm³/mol. The zero-order valence-electron chi connectivity index (χ0n) is 11.8. The summed E-state index contributed by atoms with van der Waals surface area (Å²) in [5, 5.41) is 0. The normalized spacial score (nSPS) is 12.1. The summed E-state index contributed by atoms with van der Waals surface area (Å²) < 4.78 is 10.8. The molecule has 0 radical (unpaired) electrons. The Bertz CT molecular complexity index is 496. The van der Waals surface area contributed by atoms with Crippen molar-refractivity contribution < 1.29 is 9.47 Å². The van der Waals surface area contributed by atoms with Crippen molar-refractivity contribution >= 4 is 0 Å². The van der Waals surface area contributed by atoms with E-state index in [-0.39, 0.29) is 6.04 Å². The van der Waals surface area contributed by atoms with Crippen LogP contribution in [0.4, 0.5) is 0 Å². The zero-order chi connectivity index (χ0) is 14.2. The highest BCUT2D eigenvalue weighted by Crippen LogP contribution is 2.15. The summed E-state index contributed by atoms with van der Waals surface area (Å²) in [6, 6.07) is 18.0. The Morgan fingerprint density at radius 1 is 1.00 bits per heavy atom. The van der Waals surface area contributed by atoms with Crippen LogP contribution < -0.4 is 10.5 Å². The Morgan fingerprint density at radius 3 is 2.35 bits per heavy atom. The van der Waals surface area contributed by atoms with Crippen molar-refractivity contribution in [3.05, 3.63) is 65.7 Å². The molecule has 1 unspecified atom stereocenters. The largest absolute Gasteiger partial charge is 0.497 e. The van der Waals surface area contributed by atoms with Gasteiger partial charge in [0.05, 0.1) is 13.7 Å². The van der Waals surface area contributed by atoms with E-state index in [9.17, 15) is 0 Å². The topological polar surface area (TPSA) is 44.5 Å². The first kappa shape index (κ1) is 14.6. The van der Waals surface area contributed by atoms with Crippen molar-refractivity contribution in [2.75, 3.05) is 13.7 Å². The van der Waals surface area contributed by atoms with Gasteiger partial charge in [0.1, 0.15) is 5.75 Å². The molecule has 0 fully saturated rings. The van der Waals surface area contributed by atoms with E-state index >= 15 is 0 Å². The minimum absolute atomic E-state index is 0.0343. The zero-order valence-corrected chi connectivity index (χ0v) is 11.8. The van der Waals surface area contributed by atoms with Crippen molar-refractivity contribution in [3.8, 4) is 5.75 Å². The van der Waals surface area contributed by atoms with Crippen LogP contribution in [0.1, 0.15) is 23.6 Å². The van der Waals surface area contributed by atoms with Crippen LogP contribution in [-0.4, -0.2) is 13.7 Å². The lowest BCUT2D eigenvalue weighted by atomic mass is 10.1. The fourth-order valence-electron chi connectivity index (χ4n) is 1.99. The van der Waals surface area contributed by atoms with Gasteiger partial charge in [-0.1, -0.05) is 42.5 Å². The second-order valence-electron chi connectivity index (χ2n) is 4.71. The first-order valence-corrected chi connectivity index (χ1v) is 6.81. The standard InChI is InChI=1S/C17H21NO2/c1-19-16-9-7-14(8-10-16)13-20-12-11-17(18)15-5-3-2-4-6-15/h2-10,17H,11-13,18H2,1H3.